The summed E-state index contributed by atoms with van der Waals surface area (Å²) in [6, 6.07) is 4.24. The van der Waals surface area contributed by atoms with E-state index in [-0.39, 0.29) is 0 Å². The van der Waals surface area contributed by atoms with Crippen molar-refractivity contribution in [2.75, 3.05) is 19.1 Å². The first-order valence-electron chi connectivity index (χ1n) is 5.49. The summed E-state index contributed by atoms with van der Waals surface area (Å²) in [6.07, 6.45) is 3.26. The Morgan fingerprint density at radius 2 is 2.27 bits per heavy atom. The minimum Gasteiger partial charge on any atom is -0.381 e. The van der Waals surface area contributed by atoms with E-state index in [1.54, 1.807) is 11.3 Å². The van der Waals surface area contributed by atoms with E-state index >= 15 is 0 Å². The molecule has 0 N–H and O–H groups in total. The van der Waals surface area contributed by atoms with Gasteiger partial charge in [-0.1, -0.05) is 13.0 Å². The highest BCUT2D eigenvalue weighted by Crippen LogP contribution is 2.10. The molecule has 0 saturated carbocycles. The second-order valence-electron chi connectivity index (χ2n) is 3.81. The van der Waals surface area contributed by atoms with Crippen LogP contribution in [0.2, 0.25) is 0 Å². The molecule has 0 saturated heterocycles. The second-order valence-corrected chi connectivity index (χ2v) is 5.22. The Morgan fingerprint density at radius 3 is 2.93 bits per heavy atom. The molecular weight excluding hydrogens is 228 g/mol. The zero-order chi connectivity index (χ0) is 10.9. The molecule has 0 radical (unpaired) electrons. The quantitative estimate of drug-likeness (QED) is 0.498. The smallest absolute Gasteiger partial charge is 0.0514 e. The Kier molecular flexibility index (Phi) is 7.07. The lowest BCUT2D eigenvalue weighted by Gasteiger charge is -2.09. The number of halogens is 1. The molecule has 0 fully saturated rings. The van der Waals surface area contributed by atoms with Gasteiger partial charge in [-0.3, -0.25) is 0 Å². The number of alkyl halides is 1. The molecule has 86 valence electrons. The van der Waals surface area contributed by atoms with Gasteiger partial charge in [0, 0.05) is 23.8 Å². The highest BCUT2D eigenvalue weighted by molar-refractivity contribution is 7.09. The van der Waals surface area contributed by atoms with E-state index in [0.29, 0.717) is 5.92 Å². The van der Waals surface area contributed by atoms with Crippen molar-refractivity contribution in [3.05, 3.63) is 22.4 Å². The van der Waals surface area contributed by atoms with Crippen molar-refractivity contribution in [3.63, 3.8) is 0 Å². The highest BCUT2D eigenvalue weighted by atomic mass is 35.5. The SMILES string of the molecule is CC(CCCl)CCOCCc1cccs1. The van der Waals surface area contributed by atoms with Crippen molar-refractivity contribution in [3.8, 4) is 0 Å². The first-order valence-corrected chi connectivity index (χ1v) is 6.90. The van der Waals surface area contributed by atoms with Crippen molar-refractivity contribution < 1.29 is 4.74 Å². The molecule has 1 atom stereocenters. The third-order valence-electron chi connectivity index (χ3n) is 2.43. The Hall–Kier alpha value is -0.0500. The maximum Gasteiger partial charge on any atom is 0.0514 e. The van der Waals surface area contributed by atoms with Crippen LogP contribution in [0.1, 0.15) is 24.6 Å². The van der Waals surface area contributed by atoms with Gasteiger partial charge in [0.25, 0.3) is 0 Å². The van der Waals surface area contributed by atoms with Crippen molar-refractivity contribution in [1.29, 1.82) is 0 Å². The normalized spacial score (nSPS) is 12.9. The molecule has 1 aromatic heterocycles. The number of rotatable bonds is 8. The van der Waals surface area contributed by atoms with Gasteiger partial charge in [0.2, 0.25) is 0 Å². The lowest BCUT2D eigenvalue weighted by molar-refractivity contribution is 0.124. The number of hydrogen-bond acceptors (Lipinski definition) is 2. The van der Waals surface area contributed by atoms with E-state index in [1.807, 2.05) is 0 Å². The summed E-state index contributed by atoms with van der Waals surface area (Å²) >= 11 is 7.46. The van der Waals surface area contributed by atoms with Crippen molar-refractivity contribution >= 4 is 22.9 Å². The van der Waals surface area contributed by atoms with Crippen LogP contribution in [-0.4, -0.2) is 19.1 Å². The fourth-order valence-corrected chi connectivity index (χ4v) is 2.41. The Bertz CT molecular complexity index is 236. The number of ether oxygens (including phenoxy) is 1. The van der Waals surface area contributed by atoms with Crippen LogP contribution in [0.5, 0.6) is 0 Å². The molecule has 3 heteroatoms. The Morgan fingerprint density at radius 1 is 1.40 bits per heavy atom. The average Bonchev–Trinajstić information content (AvgIpc) is 2.70. The summed E-state index contributed by atoms with van der Waals surface area (Å²) in [7, 11) is 0. The minimum atomic E-state index is 0.684. The predicted molar refractivity (Wildman–Crippen MR) is 68.0 cm³/mol. The largest absolute Gasteiger partial charge is 0.381 e. The molecule has 1 nitrogen and oxygen atoms in total. The van der Waals surface area contributed by atoms with E-state index in [0.717, 1.165) is 38.4 Å². The van der Waals surface area contributed by atoms with Crippen LogP contribution in [0, 0.1) is 5.92 Å². The third-order valence-corrected chi connectivity index (χ3v) is 3.58. The van der Waals surface area contributed by atoms with Crippen molar-refractivity contribution in [2.45, 2.75) is 26.2 Å². The van der Waals surface area contributed by atoms with Crippen LogP contribution >= 0.6 is 22.9 Å². The first kappa shape index (κ1) is 13.0. The summed E-state index contributed by atoms with van der Waals surface area (Å²) in [5.74, 6) is 1.44. The molecule has 0 bridgehead atoms. The summed E-state index contributed by atoms with van der Waals surface area (Å²) in [4.78, 5) is 1.41. The highest BCUT2D eigenvalue weighted by Gasteiger charge is 2.00. The molecule has 0 aliphatic rings. The molecule has 0 aliphatic heterocycles. The summed E-state index contributed by atoms with van der Waals surface area (Å²) in [5.41, 5.74) is 0. The van der Waals surface area contributed by atoms with Crippen molar-refractivity contribution in [1.82, 2.24) is 0 Å². The maximum atomic E-state index is 5.66. The fraction of sp³-hybridized carbons (Fsp3) is 0.667. The van der Waals surface area contributed by atoms with E-state index in [2.05, 4.69) is 24.4 Å². The minimum absolute atomic E-state index is 0.684. The van der Waals surface area contributed by atoms with Gasteiger partial charge >= 0.3 is 0 Å². The lowest BCUT2D eigenvalue weighted by Crippen LogP contribution is -2.04. The first-order chi connectivity index (χ1) is 7.33. The zero-order valence-corrected chi connectivity index (χ0v) is 10.8. The van der Waals surface area contributed by atoms with Gasteiger partial charge in [0.1, 0.15) is 0 Å². The lowest BCUT2D eigenvalue weighted by atomic mass is 10.1. The van der Waals surface area contributed by atoms with Crippen LogP contribution in [0.3, 0.4) is 0 Å². The third kappa shape index (κ3) is 6.18. The topological polar surface area (TPSA) is 9.23 Å². The standard InChI is InChI=1S/C12H19ClOS/c1-11(4-7-13)5-8-14-9-6-12-3-2-10-15-12/h2-3,10-11H,4-9H2,1H3. The van der Waals surface area contributed by atoms with Crippen LogP contribution in [0.25, 0.3) is 0 Å². The Balaban J connectivity index is 1.93. The van der Waals surface area contributed by atoms with Crippen LogP contribution < -0.4 is 0 Å². The molecule has 1 unspecified atom stereocenters. The molecule has 0 amide bonds. The summed E-state index contributed by atoms with van der Waals surface area (Å²) in [6.45, 7) is 3.93. The summed E-state index contributed by atoms with van der Waals surface area (Å²) in [5, 5.41) is 2.11. The predicted octanol–water partition coefficient (Wildman–Crippen LogP) is 3.96. The van der Waals surface area contributed by atoms with E-state index in [1.165, 1.54) is 4.88 Å². The van der Waals surface area contributed by atoms with E-state index < -0.39 is 0 Å². The Labute approximate surface area is 101 Å². The van der Waals surface area contributed by atoms with Crippen molar-refractivity contribution in [2.24, 2.45) is 5.92 Å². The second kappa shape index (κ2) is 8.14. The summed E-state index contributed by atoms with van der Waals surface area (Å²) < 4.78 is 5.59. The fourth-order valence-electron chi connectivity index (χ4n) is 1.34. The molecule has 0 aliphatic carbocycles. The molecule has 1 rings (SSSR count). The van der Waals surface area contributed by atoms with Gasteiger partial charge in [-0.25, -0.2) is 0 Å². The molecule has 1 aromatic rings. The monoisotopic (exact) mass is 246 g/mol. The van der Waals surface area contributed by atoms with E-state index in [4.69, 9.17) is 16.3 Å². The van der Waals surface area contributed by atoms with E-state index in [9.17, 15) is 0 Å². The van der Waals surface area contributed by atoms with Crippen LogP contribution in [0.15, 0.2) is 17.5 Å². The maximum absolute atomic E-state index is 5.66. The van der Waals surface area contributed by atoms with Gasteiger partial charge in [-0.2, -0.15) is 0 Å². The zero-order valence-electron chi connectivity index (χ0n) is 9.25. The van der Waals surface area contributed by atoms with Gasteiger partial charge in [-0.05, 0) is 30.2 Å². The molecule has 0 spiro atoms. The van der Waals surface area contributed by atoms with Gasteiger partial charge in [-0.15, -0.1) is 22.9 Å². The molecule has 1 heterocycles. The molecule has 0 aromatic carbocycles. The van der Waals surface area contributed by atoms with Gasteiger partial charge in [0.05, 0.1) is 6.61 Å². The van der Waals surface area contributed by atoms with Crippen LogP contribution in [0.4, 0.5) is 0 Å². The number of thiophene rings is 1. The number of hydrogen-bond donors (Lipinski definition) is 0. The average molecular weight is 247 g/mol. The van der Waals surface area contributed by atoms with Gasteiger partial charge in [0.15, 0.2) is 0 Å². The molecular formula is C12H19ClOS. The van der Waals surface area contributed by atoms with Crippen LogP contribution in [-0.2, 0) is 11.2 Å². The van der Waals surface area contributed by atoms with Gasteiger partial charge < -0.3 is 4.74 Å². The molecule has 15 heavy (non-hydrogen) atoms.